The van der Waals surface area contributed by atoms with Crippen molar-refractivity contribution in [2.75, 3.05) is 5.32 Å². The zero-order valence-corrected chi connectivity index (χ0v) is 18.3. The number of aromatic nitrogens is 2. The lowest BCUT2D eigenvalue weighted by molar-refractivity contribution is -0.173. The van der Waals surface area contributed by atoms with Crippen molar-refractivity contribution in [3.63, 3.8) is 0 Å². The highest BCUT2D eigenvalue weighted by molar-refractivity contribution is 9.10. The Morgan fingerprint density at radius 2 is 1.87 bits per heavy atom. The van der Waals surface area contributed by atoms with Crippen molar-refractivity contribution < 1.29 is 18.0 Å². The average Bonchev–Trinajstić information content (AvgIpc) is 3.16. The van der Waals surface area contributed by atoms with E-state index in [9.17, 15) is 18.0 Å². The van der Waals surface area contributed by atoms with Gasteiger partial charge in [-0.25, -0.2) is 4.68 Å². The highest BCUT2D eigenvalue weighted by Crippen LogP contribution is 2.43. The largest absolute Gasteiger partial charge is 0.410 e. The molecular weight excluding hydrogens is 497 g/mol. The van der Waals surface area contributed by atoms with Crippen LogP contribution in [-0.4, -0.2) is 21.9 Å². The van der Waals surface area contributed by atoms with Crippen LogP contribution >= 0.6 is 27.5 Å². The second kappa shape index (κ2) is 8.55. The summed E-state index contributed by atoms with van der Waals surface area (Å²) in [5.41, 5.74) is 1.45. The number of halogens is 5. The van der Waals surface area contributed by atoms with Crippen LogP contribution in [0.4, 0.5) is 19.0 Å². The number of nitrogens with zero attached hydrogens (tertiary/aromatic N) is 2. The van der Waals surface area contributed by atoms with Crippen molar-refractivity contribution in [2.45, 2.75) is 31.2 Å². The van der Waals surface area contributed by atoms with Gasteiger partial charge in [-0.3, -0.25) is 4.79 Å². The Kier molecular flexibility index (Phi) is 5.98. The molecule has 2 N–H and O–H groups in total. The molecule has 0 unspecified atom stereocenters. The molecule has 2 heterocycles. The van der Waals surface area contributed by atoms with Crippen molar-refractivity contribution in [3.05, 3.63) is 80.9 Å². The predicted octanol–water partition coefficient (Wildman–Crippen LogP) is 5.89. The number of fused-ring (bicyclic) bond motifs is 1. The first-order chi connectivity index (χ1) is 14.7. The number of carbonyl (C=O) groups excluding carboxylic acids is 1. The number of nitrogens with one attached hydrogen (secondary N) is 2. The van der Waals surface area contributed by atoms with Gasteiger partial charge in [0, 0.05) is 28.5 Å². The number of hydrogen-bond donors (Lipinski definition) is 2. The zero-order chi connectivity index (χ0) is 22.2. The Morgan fingerprint density at radius 1 is 1.19 bits per heavy atom. The molecule has 0 saturated heterocycles. The summed E-state index contributed by atoms with van der Waals surface area (Å²) in [7, 11) is 0. The SMILES string of the molecule is O=C(NCc1ccc(Cl)cc1)c1cc2n(n1)[C@@H](C(F)(F)F)C[C@H](c1ccc(Br)cc1)N2. The topological polar surface area (TPSA) is 59.0 Å². The number of anilines is 1. The van der Waals surface area contributed by atoms with Crippen LogP contribution in [0.2, 0.25) is 5.02 Å². The Balaban J connectivity index is 1.56. The van der Waals surface area contributed by atoms with Gasteiger partial charge in [-0.2, -0.15) is 18.3 Å². The number of amides is 1. The average molecular weight is 514 g/mol. The summed E-state index contributed by atoms with van der Waals surface area (Å²) >= 11 is 9.17. The maximum atomic E-state index is 13.8. The standard InChI is InChI=1S/C21H17BrClF3N4O/c22-14-5-3-13(4-6-14)16-9-18(21(24,25)26)30-19(28-16)10-17(29-30)20(31)27-11-12-1-7-15(23)8-2-12/h1-8,10,16,18,28H,9,11H2,(H,27,31)/t16-,18-/m1/s1. The van der Waals surface area contributed by atoms with Crippen LogP contribution in [-0.2, 0) is 6.54 Å². The Labute approximate surface area is 189 Å². The third-order valence-corrected chi connectivity index (χ3v) is 5.84. The van der Waals surface area contributed by atoms with Crippen LogP contribution in [0.25, 0.3) is 0 Å². The summed E-state index contributed by atoms with van der Waals surface area (Å²) in [6, 6.07) is 12.9. The van der Waals surface area contributed by atoms with Crippen LogP contribution in [0.1, 0.15) is 40.1 Å². The molecule has 0 aliphatic carbocycles. The van der Waals surface area contributed by atoms with Crippen molar-refractivity contribution in [1.29, 1.82) is 0 Å². The lowest BCUT2D eigenvalue weighted by Gasteiger charge is -2.33. The van der Waals surface area contributed by atoms with Crippen LogP contribution < -0.4 is 10.6 Å². The first-order valence-corrected chi connectivity index (χ1v) is 10.6. The van der Waals surface area contributed by atoms with Gasteiger partial charge in [-0.05, 0) is 35.4 Å². The van der Waals surface area contributed by atoms with Crippen molar-refractivity contribution >= 4 is 39.3 Å². The van der Waals surface area contributed by atoms with E-state index in [0.717, 1.165) is 20.3 Å². The first-order valence-electron chi connectivity index (χ1n) is 9.41. The minimum absolute atomic E-state index is 0.0813. The fraction of sp³-hybridized carbons (Fsp3) is 0.238. The van der Waals surface area contributed by atoms with Gasteiger partial charge in [0.25, 0.3) is 5.91 Å². The molecule has 1 amide bonds. The molecule has 0 fully saturated rings. The van der Waals surface area contributed by atoms with E-state index in [0.29, 0.717) is 5.02 Å². The summed E-state index contributed by atoms with van der Waals surface area (Å²) in [5, 5.41) is 10.3. The molecule has 1 aliphatic heterocycles. The van der Waals surface area contributed by atoms with Gasteiger partial charge < -0.3 is 10.6 Å². The highest BCUT2D eigenvalue weighted by atomic mass is 79.9. The predicted molar refractivity (Wildman–Crippen MR) is 115 cm³/mol. The molecule has 4 rings (SSSR count). The lowest BCUT2D eigenvalue weighted by atomic mass is 9.97. The van der Waals surface area contributed by atoms with Gasteiger partial charge in [0.2, 0.25) is 0 Å². The van der Waals surface area contributed by atoms with Gasteiger partial charge in [0.15, 0.2) is 11.7 Å². The van der Waals surface area contributed by atoms with E-state index in [1.54, 1.807) is 48.5 Å². The van der Waals surface area contributed by atoms with Crippen molar-refractivity contribution in [2.24, 2.45) is 0 Å². The smallest absolute Gasteiger partial charge is 0.363 e. The highest BCUT2D eigenvalue weighted by Gasteiger charge is 2.46. The molecule has 31 heavy (non-hydrogen) atoms. The Morgan fingerprint density at radius 3 is 2.52 bits per heavy atom. The number of hydrogen-bond acceptors (Lipinski definition) is 3. The molecule has 2 aromatic carbocycles. The van der Waals surface area contributed by atoms with Crippen molar-refractivity contribution in [1.82, 2.24) is 15.1 Å². The number of rotatable bonds is 4. The maximum absolute atomic E-state index is 13.8. The van der Waals surface area contributed by atoms with E-state index in [2.05, 4.69) is 31.7 Å². The molecule has 3 aromatic rings. The van der Waals surface area contributed by atoms with E-state index >= 15 is 0 Å². The molecular formula is C21H17BrClF3N4O. The minimum atomic E-state index is -4.51. The fourth-order valence-electron chi connectivity index (χ4n) is 3.47. The summed E-state index contributed by atoms with van der Waals surface area (Å²) in [6.07, 6.45) is -4.74. The van der Waals surface area contributed by atoms with Crippen LogP contribution in [0.3, 0.4) is 0 Å². The van der Waals surface area contributed by atoms with E-state index in [1.807, 2.05) is 0 Å². The Bertz CT molecular complexity index is 1080. The van der Waals surface area contributed by atoms with E-state index < -0.39 is 24.2 Å². The molecule has 0 bridgehead atoms. The molecule has 0 spiro atoms. The van der Waals surface area contributed by atoms with E-state index in [1.165, 1.54) is 6.07 Å². The van der Waals surface area contributed by atoms with E-state index in [4.69, 9.17) is 11.6 Å². The Hall–Kier alpha value is -2.52. The van der Waals surface area contributed by atoms with E-state index in [-0.39, 0.29) is 24.5 Å². The molecule has 2 atom stereocenters. The zero-order valence-electron chi connectivity index (χ0n) is 16.0. The molecule has 0 radical (unpaired) electrons. The molecule has 162 valence electrons. The second-order valence-electron chi connectivity index (χ2n) is 7.21. The van der Waals surface area contributed by atoms with Gasteiger partial charge >= 0.3 is 6.18 Å². The monoisotopic (exact) mass is 512 g/mol. The van der Waals surface area contributed by atoms with Crippen LogP contribution in [0.5, 0.6) is 0 Å². The maximum Gasteiger partial charge on any atom is 0.410 e. The minimum Gasteiger partial charge on any atom is -0.363 e. The summed E-state index contributed by atoms with van der Waals surface area (Å²) < 4.78 is 43.0. The second-order valence-corrected chi connectivity index (χ2v) is 8.56. The summed E-state index contributed by atoms with van der Waals surface area (Å²) in [4.78, 5) is 12.5. The number of carbonyl (C=O) groups is 1. The van der Waals surface area contributed by atoms with Crippen LogP contribution in [0.15, 0.2) is 59.1 Å². The fourth-order valence-corrected chi connectivity index (χ4v) is 3.86. The summed E-state index contributed by atoms with van der Waals surface area (Å²) in [5.74, 6) is -0.405. The molecule has 10 heteroatoms. The summed E-state index contributed by atoms with van der Waals surface area (Å²) in [6.45, 7) is 0.204. The van der Waals surface area contributed by atoms with Gasteiger partial charge in [0.1, 0.15) is 5.82 Å². The van der Waals surface area contributed by atoms with Gasteiger partial charge in [-0.15, -0.1) is 0 Å². The van der Waals surface area contributed by atoms with Crippen LogP contribution in [0, 0.1) is 0 Å². The third-order valence-electron chi connectivity index (χ3n) is 5.06. The normalized spacial score (nSPS) is 18.2. The number of benzene rings is 2. The van der Waals surface area contributed by atoms with Crippen molar-refractivity contribution in [3.8, 4) is 0 Å². The quantitative estimate of drug-likeness (QED) is 0.457. The first kappa shape index (κ1) is 21.7. The number of alkyl halides is 3. The third kappa shape index (κ3) is 4.88. The molecule has 1 aliphatic rings. The molecule has 5 nitrogen and oxygen atoms in total. The lowest BCUT2D eigenvalue weighted by Crippen LogP contribution is -2.35. The van der Waals surface area contributed by atoms with Gasteiger partial charge in [-0.1, -0.05) is 51.8 Å². The molecule has 1 aromatic heterocycles. The molecule has 0 saturated carbocycles. The van der Waals surface area contributed by atoms with Gasteiger partial charge in [0.05, 0.1) is 6.04 Å².